The molecule has 2 aromatic heterocycles. The van der Waals surface area contributed by atoms with Crippen molar-refractivity contribution in [2.24, 2.45) is 17.4 Å². The number of Topliss-reactive ketones (excluding diaryl/α,β-unsaturated/α-hetero) is 3. The van der Waals surface area contributed by atoms with Gasteiger partial charge in [0.1, 0.15) is 30.8 Å². The summed E-state index contributed by atoms with van der Waals surface area (Å²) in [6.07, 6.45) is -0.798. The predicted octanol–water partition coefficient (Wildman–Crippen LogP) is -1.44. The van der Waals surface area contributed by atoms with Crippen molar-refractivity contribution >= 4 is 109 Å². The Kier molecular flexibility index (Phi) is 22.7. The summed E-state index contributed by atoms with van der Waals surface area (Å²) in [6.45, 7) is 11.0. The normalized spacial score (nSPS) is 19.9. The van der Waals surface area contributed by atoms with Crippen LogP contribution in [0.2, 0.25) is 0 Å². The van der Waals surface area contributed by atoms with Gasteiger partial charge in [0, 0.05) is 72.1 Å². The number of carboxylic acids is 2. The Balaban J connectivity index is 0.977. The number of piperazine rings is 1. The van der Waals surface area contributed by atoms with Gasteiger partial charge in [-0.3, -0.25) is 58.9 Å². The molecule has 33 nitrogen and oxygen atoms in total. The van der Waals surface area contributed by atoms with E-state index < -0.39 is 125 Å². The van der Waals surface area contributed by atoms with E-state index in [-0.39, 0.29) is 107 Å². The second-order valence-electron chi connectivity index (χ2n) is 23.7. The van der Waals surface area contributed by atoms with E-state index in [1.165, 1.54) is 67.8 Å². The Bertz CT molecular complexity index is 3550. The van der Waals surface area contributed by atoms with Crippen LogP contribution in [-0.4, -0.2) is 197 Å². The summed E-state index contributed by atoms with van der Waals surface area (Å²) >= 11 is 0. The number of carbonyl (C=O) groups is 10. The van der Waals surface area contributed by atoms with Crippen LogP contribution in [0.5, 0.6) is 0 Å². The van der Waals surface area contributed by atoms with Gasteiger partial charge >= 0.3 is 18.0 Å². The zero-order valence-electron chi connectivity index (χ0n) is 51.8. The maximum atomic E-state index is 14.7. The molecule has 7 rings (SSSR count). The molecule has 5 heterocycles. The number of ether oxygens (including phenoxy) is 2. The van der Waals surface area contributed by atoms with Gasteiger partial charge in [0.2, 0.25) is 35.2 Å². The summed E-state index contributed by atoms with van der Waals surface area (Å²) in [6, 6.07) is 0.350. The number of nitrogens with two attached hydrogens (primary N) is 3. The number of nitrogen functional groups attached to an aromatic ring is 1. The van der Waals surface area contributed by atoms with E-state index in [1.54, 1.807) is 30.9 Å². The number of fused-ring (bicyclic) bond motifs is 5. The monoisotopic (exact) mass is 1320 g/mol. The molecule has 0 spiro atoms. The van der Waals surface area contributed by atoms with E-state index in [2.05, 4.69) is 67.8 Å². The van der Waals surface area contributed by atoms with Crippen LogP contribution in [0.25, 0.3) is 11.2 Å². The number of amides is 5. The second-order valence-corrected chi connectivity index (χ2v) is 26.3. The molecule has 2 fully saturated rings. The van der Waals surface area contributed by atoms with Crippen molar-refractivity contribution in [2.75, 3.05) is 49.3 Å². The van der Waals surface area contributed by atoms with Crippen molar-refractivity contribution in [1.29, 1.82) is 5.41 Å². The van der Waals surface area contributed by atoms with Gasteiger partial charge in [0.15, 0.2) is 28.6 Å². The number of guanidine groups is 1. The molecule has 498 valence electrons. The highest BCUT2D eigenvalue weighted by molar-refractivity contribution is 8.76. The van der Waals surface area contributed by atoms with Gasteiger partial charge in [-0.2, -0.15) is 4.98 Å². The molecule has 9 atom stereocenters. The number of carbonyl (C=O) groups excluding carboxylic acids is 8. The molecule has 19 N–H and O–H groups in total. The van der Waals surface area contributed by atoms with Crippen molar-refractivity contribution in [3.63, 3.8) is 0 Å². The number of H-pyrrole nitrogens is 1. The van der Waals surface area contributed by atoms with Crippen LogP contribution < -0.4 is 70.6 Å². The van der Waals surface area contributed by atoms with Crippen LogP contribution in [0.3, 0.4) is 0 Å². The smallest absolute Gasteiger partial charge is 0.404 e. The lowest BCUT2D eigenvalue weighted by molar-refractivity contribution is -0.147. The third-order valence-electron chi connectivity index (χ3n) is 16.0. The van der Waals surface area contributed by atoms with Gasteiger partial charge in [0.05, 0.1) is 53.4 Å². The number of carboxylic acid groups (broad SMARTS) is 2. The fraction of sp³-hybridized carbons (Fsp3) is 0.526. The van der Waals surface area contributed by atoms with Crippen LogP contribution in [0.1, 0.15) is 96.6 Å². The molecule has 4 aliphatic rings. The fourth-order valence-corrected chi connectivity index (χ4v) is 13.7. The van der Waals surface area contributed by atoms with Crippen molar-refractivity contribution in [3.05, 3.63) is 74.6 Å². The Labute approximate surface area is 535 Å². The highest BCUT2D eigenvalue weighted by atomic mass is 33.1. The highest BCUT2D eigenvalue weighted by Crippen LogP contribution is 2.57. The quantitative estimate of drug-likeness (QED) is 0.00813. The van der Waals surface area contributed by atoms with Crippen molar-refractivity contribution < 1.29 is 67.6 Å². The molecule has 3 aromatic rings. The number of allylic oxidation sites excluding steroid dienone is 2. The van der Waals surface area contributed by atoms with Gasteiger partial charge in [-0.15, -0.1) is 0 Å². The van der Waals surface area contributed by atoms with E-state index in [9.17, 15) is 57.8 Å². The maximum absolute atomic E-state index is 14.7. The van der Waals surface area contributed by atoms with Crippen LogP contribution in [0.4, 0.5) is 16.4 Å². The number of hydrogen-bond donors (Lipinski definition) is 16. The first kappa shape index (κ1) is 70.5. The topological polar surface area (TPSA) is 524 Å². The largest absolute Gasteiger partial charge is 0.480 e. The number of aromatic amines is 1. The molecule has 0 saturated carbocycles. The number of aliphatic carboxylic acids is 2. The number of hydrogen-bond acceptors (Lipinski definition) is 25. The lowest BCUT2D eigenvalue weighted by Crippen LogP contribution is -2.60. The molecular formula is C57H78N18O15S2. The lowest BCUT2D eigenvalue weighted by atomic mass is 9.79. The fourth-order valence-electron chi connectivity index (χ4n) is 11.2. The third-order valence-corrected chi connectivity index (χ3v) is 18.4. The Morgan fingerprint density at radius 2 is 1.60 bits per heavy atom. The summed E-state index contributed by atoms with van der Waals surface area (Å²) in [5.74, 6) is -8.41. The van der Waals surface area contributed by atoms with E-state index >= 15 is 0 Å². The van der Waals surface area contributed by atoms with Gasteiger partial charge in [0.25, 0.3) is 11.5 Å². The summed E-state index contributed by atoms with van der Waals surface area (Å²) < 4.78 is 11.6. The number of nitrogens with one attached hydrogen (secondary N) is 11. The van der Waals surface area contributed by atoms with Crippen LogP contribution in [0.15, 0.2) is 57.8 Å². The lowest BCUT2D eigenvalue weighted by Gasteiger charge is -2.41. The standard InChI is InChI=1S/C57H78N18O15S2/c1-25-39(43(80)37-38(27(3)90-54(61)88)57(89-8)44-33(68-44)23-75(57)41(37)42(25)79)74-55(4,5)17-19-91-92-24-34(49(84)66-26(2)46(81)65-22-36(77)78)70-48(83)31(10-9-18-62-52(58)59)73-56(6,7)35(76)16-15-32(51(86)87)69-47(82)28-11-13-29(14-12-28)63-20-30-21-64-45-40(67-30)50(85)72-53(60)71-45/h11-14,21,26-27,31-34,38,44,63,68,73-74H,9-10,15-20,22-24H2,1-8H3,(H2,61,88)(H,65,81)(H,66,84)(H,69,82)(H,70,83)(H,77,78)(H,86,87)(H4,58,59,62)(H3,60,64,71,72,85)/t26-,27+,31-,32-,33-,34-,38+,44-,57+/m0/s1. The average Bonchev–Trinajstić information content (AvgIpc) is 1.50. The third kappa shape index (κ3) is 16.8. The molecule has 3 aliphatic heterocycles. The number of ketones is 3. The first-order valence-electron chi connectivity index (χ1n) is 29.3. The maximum Gasteiger partial charge on any atom is 0.404 e. The number of rotatable bonds is 34. The molecule has 1 aromatic carbocycles. The van der Waals surface area contributed by atoms with Crippen molar-refractivity contribution in [2.45, 2.75) is 146 Å². The minimum atomic E-state index is -1.55. The van der Waals surface area contributed by atoms with Crippen molar-refractivity contribution in [3.8, 4) is 0 Å². The van der Waals surface area contributed by atoms with Crippen molar-refractivity contribution in [1.82, 2.24) is 67.4 Å². The Morgan fingerprint density at radius 1 is 0.902 bits per heavy atom. The van der Waals surface area contributed by atoms with Gasteiger partial charge in [-0.25, -0.2) is 19.6 Å². The molecule has 5 amide bonds. The van der Waals surface area contributed by atoms with E-state index in [0.29, 0.717) is 30.1 Å². The van der Waals surface area contributed by atoms with E-state index in [4.69, 9.17) is 37.2 Å². The number of anilines is 2. The number of aromatic nitrogens is 4. The molecule has 1 aliphatic carbocycles. The summed E-state index contributed by atoms with van der Waals surface area (Å²) in [7, 11) is 3.95. The Morgan fingerprint density at radius 3 is 2.25 bits per heavy atom. The zero-order chi connectivity index (χ0) is 67.7. The minimum absolute atomic E-state index is 0.00327. The predicted molar refractivity (Wildman–Crippen MR) is 337 cm³/mol. The number of primary amides is 1. The first-order valence-corrected chi connectivity index (χ1v) is 31.8. The molecule has 0 bridgehead atoms. The number of benzene rings is 1. The minimum Gasteiger partial charge on any atom is -0.480 e. The Hall–Kier alpha value is -8.93. The molecule has 0 radical (unpaired) electrons. The zero-order valence-corrected chi connectivity index (χ0v) is 53.5. The van der Waals surface area contributed by atoms with Gasteiger partial charge in [-0.1, -0.05) is 21.6 Å². The molecular weight excluding hydrogens is 1240 g/mol. The van der Waals surface area contributed by atoms with E-state index in [0.717, 1.165) is 0 Å². The molecule has 0 unspecified atom stereocenters. The SMILES string of the molecule is CO[C@]12[C@H]3N[C@H]3CN1C1=C(C(=O)C(NC(C)(C)CCSSC[C@H](NC(=O)[C@H](CCCNC(=N)N)NC(C)(C)C(=O)CC[C@H](NC(=O)c3ccc(NCc4cnc5nc(N)[nH]c(=O)c5n4)cc3)C(=O)O)C(=O)N[C@@H](C)C(=O)NCC(=O)O)=C(C)C1=O)[C@H]2[C@@H](C)OC(N)=O. The molecule has 92 heavy (non-hydrogen) atoms. The molecule has 2 saturated heterocycles. The molecule has 35 heteroatoms. The van der Waals surface area contributed by atoms with Gasteiger partial charge in [-0.05, 0) is 98.4 Å². The summed E-state index contributed by atoms with van der Waals surface area (Å²) in [5.41, 5.74) is 14.1. The van der Waals surface area contributed by atoms with Crippen LogP contribution >= 0.6 is 21.6 Å². The highest BCUT2D eigenvalue weighted by Gasteiger charge is 2.74. The van der Waals surface area contributed by atoms with Crippen LogP contribution in [-0.2, 0) is 54.4 Å². The first-order chi connectivity index (χ1) is 43.3. The number of nitrogens with zero attached hydrogens (tertiary/aromatic N) is 4. The summed E-state index contributed by atoms with van der Waals surface area (Å²) in [4.78, 5) is 162. The second kappa shape index (κ2) is 29.6. The summed E-state index contributed by atoms with van der Waals surface area (Å²) in [5, 5.41) is 52.2. The van der Waals surface area contributed by atoms with Crippen LogP contribution in [0, 0.1) is 11.3 Å². The van der Waals surface area contributed by atoms with E-state index in [1.807, 2.05) is 13.8 Å². The average molecular weight is 1320 g/mol. The number of methoxy groups -OCH3 is 1. The van der Waals surface area contributed by atoms with Gasteiger partial charge < -0.3 is 84.3 Å².